The predicted molar refractivity (Wildman–Crippen MR) is 73.2 cm³/mol. The molecule has 0 radical (unpaired) electrons. The van der Waals surface area contributed by atoms with E-state index in [1.54, 1.807) is 24.1 Å². The standard InChI is InChI=1S/C11H8Cl2N4O2/c1-16(10-9(12)6-14-11(13)15-10)7-2-4-8(5-3-7)17(18)19/h2-6H,1H3. The topological polar surface area (TPSA) is 72.2 Å². The molecule has 0 unspecified atom stereocenters. The van der Waals surface area contributed by atoms with E-state index in [2.05, 4.69) is 9.97 Å². The van der Waals surface area contributed by atoms with Gasteiger partial charge in [-0.15, -0.1) is 0 Å². The van der Waals surface area contributed by atoms with Gasteiger partial charge in [0.1, 0.15) is 5.02 Å². The Morgan fingerprint density at radius 3 is 2.47 bits per heavy atom. The van der Waals surface area contributed by atoms with E-state index in [1.165, 1.54) is 18.3 Å². The highest BCUT2D eigenvalue weighted by atomic mass is 35.5. The van der Waals surface area contributed by atoms with E-state index in [9.17, 15) is 10.1 Å². The maximum absolute atomic E-state index is 10.6. The van der Waals surface area contributed by atoms with Crippen molar-refractivity contribution in [3.05, 3.63) is 50.9 Å². The van der Waals surface area contributed by atoms with E-state index >= 15 is 0 Å². The number of nitrogens with zero attached hydrogens (tertiary/aromatic N) is 4. The Morgan fingerprint density at radius 1 is 1.26 bits per heavy atom. The first-order valence-corrected chi connectivity index (χ1v) is 5.91. The summed E-state index contributed by atoms with van der Waals surface area (Å²) in [4.78, 5) is 19.6. The van der Waals surface area contributed by atoms with Gasteiger partial charge in [-0.1, -0.05) is 11.6 Å². The van der Waals surface area contributed by atoms with Gasteiger partial charge in [0.05, 0.1) is 11.1 Å². The van der Waals surface area contributed by atoms with Crippen LogP contribution in [-0.4, -0.2) is 21.9 Å². The third-order valence-electron chi connectivity index (χ3n) is 2.46. The molecule has 0 fully saturated rings. The van der Waals surface area contributed by atoms with Crippen molar-refractivity contribution in [3.63, 3.8) is 0 Å². The van der Waals surface area contributed by atoms with Gasteiger partial charge in [-0.2, -0.15) is 4.98 Å². The summed E-state index contributed by atoms with van der Waals surface area (Å²) in [6, 6.07) is 6.01. The summed E-state index contributed by atoms with van der Waals surface area (Å²) in [5, 5.41) is 11.0. The molecule has 0 atom stereocenters. The first-order chi connectivity index (χ1) is 8.99. The fourth-order valence-electron chi connectivity index (χ4n) is 1.49. The minimum atomic E-state index is -0.460. The number of nitro groups is 1. The van der Waals surface area contributed by atoms with Crippen LogP contribution in [0, 0.1) is 10.1 Å². The lowest BCUT2D eigenvalue weighted by Gasteiger charge is -2.19. The third kappa shape index (κ3) is 2.91. The number of benzene rings is 1. The minimum absolute atomic E-state index is 0.0176. The number of non-ortho nitro benzene ring substituents is 1. The maximum atomic E-state index is 10.6. The van der Waals surface area contributed by atoms with Gasteiger partial charge in [-0.05, 0) is 23.7 Å². The largest absolute Gasteiger partial charge is 0.328 e. The fourth-order valence-corrected chi connectivity index (χ4v) is 1.84. The highest BCUT2D eigenvalue weighted by molar-refractivity contribution is 6.33. The maximum Gasteiger partial charge on any atom is 0.269 e. The molecule has 2 rings (SSSR count). The quantitative estimate of drug-likeness (QED) is 0.493. The first-order valence-electron chi connectivity index (χ1n) is 5.15. The molecule has 0 aliphatic carbocycles. The molecule has 1 heterocycles. The minimum Gasteiger partial charge on any atom is -0.328 e. The molecule has 1 aromatic carbocycles. The zero-order valence-electron chi connectivity index (χ0n) is 9.75. The van der Waals surface area contributed by atoms with E-state index in [1.807, 2.05) is 0 Å². The van der Waals surface area contributed by atoms with Crippen LogP contribution in [0.5, 0.6) is 0 Å². The molecule has 19 heavy (non-hydrogen) atoms. The normalized spacial score (nSPS) is 10.3. The molecule has 0 spiro atoms. The van der Waals surface area contributed by atoms with Crippen molar-refractivity contribution < 1.29 is 4.92 Å². The molecule has 98 valence electrons. The summed E-state index contributed by atoms with van der Waals surface area (Å²) in [5.74, 6) is 0.426. The molecule has 8 heteroatoms. The summed E-state index contributed by atoms with van der Waals surface area (Å²) in [6.07, 6.45) is 1.40. The Bertz CT molecular complexity index is 619. The van der Waals surface area contributed by atoms with Crippen LogP contribution in [0.4, 0.5) is 17.2 Å². The van der Waals surface area contributed by atoms with Gasteiger partial charge in [0, 0.05) is 24.9 Å². The van der Waals surface area contributed by atoms with Crippen LogP contribution in [0.2, 0.25) is 10.3 Å². The molecule has 0 N–H and O–H groups in total. The molecule has 0 bridgehead atoms. The number of hydrogen-bond donors (Lipinski definition) is 0. The lowest BCUT2D eigenvalue weighted by Crippen LogP contribution is -2.12. The molecule has 2 aromatic rings. The molecule has 0 aliphatic heterocycles. The van der Waals surface area contributed by atoms with Gasteiger partial charge in [0.15, 0.2) is 5.82 Å². The van der Waals surface area contributed by atoms with E-state index in [-0.39, 0.29) is 11.0 Å². The zero-order chi connectivity index (χ0) is 14.0. The lowest BCUT2D eigenvalue weighted by molar-refractivity contribution is -0.384. The van der Waals surface area contributed by atoms with Crippen LogP contribution in [0.1, 0.15) is 0 Å². The van der Waals surface area contributed by atoms with E-state index in [4.69, 9.17) is 23.2 Å². The fraction of sp³-hybridized carbons (Fsp3) is 0.0909. The van der Waals surface area contributed by atoms with Gasteiger partial charge >= 0.3 is 0 Å². The Balaban J connectivity index is 2.35. The third-order valence-corrected chi connectivity index (χ3v) is 2.91. The van der Waals surface area contributed by atoms with Crippen LogP contribution in [0.25, 0.3) is 0 Å². The van der Waals surface area contributed by atoms with Crippen molar-refractivity contribution in [3.8, 4) is 0 Å². The highest BCUT2D eigenvalue weighted by Gasteiger charge is 2.13. The predicted octanol–water partition coefficient (Wildman–Crippen LogP) is 3.46. The van der Waals surface area contributed by atoms with E-state index in [0.29, 0.717) is 16.5 Å². The molecule has 0 aliphatic rings. The van der Waals surface area contributed by atoms with Crippen molar-refractivity contribution in [2.45, 2.75) is 0 Å². The van der Waals surface area contributed by atoms with Gasteiger partial charge in [-0.25, -0.2) is 4.98 Å². The summed E-state index contributed by atoms with van der Waals surface area (Å²) < 4.78 is 0. The Labute approximate surface area is 118 Å². The molecule has 1 aromatic heterocycles. The van der Waals surface area contributed by atoms with Crippen LogP contribution in [0.3, 0.4) is 0 Å². The second kappa shape index (κ2) is 5.38. The monoisotopic (exact) mass is 298 g/mol. The van der Waals surface area contributed by atoms with Crippen molar-refractivity contribution in [2.75, 3.05) is 11.9 Å². The number of hydrogen-bond acceptors (Lipinski definition) is 5. The van der Waals surface area contributed by atoms with Crippen molar-refractivity contribution in [2.24, 2.45) is 0 Å². The second-order valence-corrected chi connectivity index (χ2v) is 4.39. The van der Waals surface area contributed by atoms with Crippen LogP contribution < -0.4 is 4.90 Å². The first kappa shape index (κ1) is 13.5. The van der Waals surface area contributed by atoms with Crippen molar-refractivity contribution in [1.82, 2.24) is 9.97 Å². The average molecular weight is 299 g/mol. The summed E-state index contributed by atoms with van der Waals surface area (Å²) in [5.41, 5.74) is 0.714. The number of anilines is 2. The Hall–Kier alpha value is -1.92. The van der Waals surface area contributed by atoms with Gasteiger partial charge in [-0.3, -0.25) is 10.1 Å². The van der Waals surface area contributed by atoms with Gasteiger partial charge in [0.2, 0.25) is 5.28 Å². The summed E-state index contributed by atoms with van der Waals surface area (Å²) in [6.45, 7) is 0. The summed E-state index contributed by atoms with van der Waals surface area (Å²) in [7, 11) is 1.73. The van der Waals surface area contributed by atoms with Gasteiger partial charge < -0.3 is 4.90 Å². The highest BCUT2D eigenvalue weighted by Crippen LogP contribution is 2.29. The molecule has 6 nitrogen and oxygen atoms in total. The van der Waals surface area contributed by atoms with Crippen LogP contribution in [-0.2, 0) is 0 Å². The van der Waals surface area contributed by atoms with Gasteiger partial charge in [0.25, 0.3) is 5.69 Å². The van der Waals surface area contributed by atoms with Crippen molar-refractivity contribution in [1.29, 1.82) is 0 Å². The number of halogens is 2. The molecular formula is C11H8Cl2N4O2. The number of aromatic nitrogens is 2. The lowest BCUT2D eigenvalue weighted by atomic mass is 10.2. The SMILES string of the molecule is CN(c1ccc([N+](=O)[O-])cc1)c1nc(Cl)ncc1Cl. The zero-order valence-corrected chi connectivity index (χ0v) is 11.3. The average Bonchev–Trinajstić information content (AvgIpc) is 2.41. The van der Waals surface area contributed by atoms with Crippen LogP contribution in [0.15, 0.2) is 30.5 Å². The Kier molecular flexibility index (Phi) is 3.82. The second-order valence-electron chi connectivity index (χ2n) is 3.64. The van der Waals surface area contributed by atoms with E-state index in [0.717, 1.165) is 0 Å². The van der Waals surface area contributed by atoms with Crippen molar-refractivity contribution >= 4 is 40.4 Å². The number of rotatable bonds is 3. The molecular weight excluding hydrogens is 291 g/mol. The van der Waals surface area contributed by atoms with E-state index < -0.39 is 4.92 Å². The smallest absolute Gasteiger partial charge is 0.269 e. The Morgan fingerprint density at radius 2 is 1.89 bits per heavy atom. The number of nitro benzene ring substituents is 1. The molecule has 0 saturated heterocycles. The van der Waals surface area contributed by atoms with Crippen LogP contribution >= 0.6 is 23.2 Å². The molecule has 0 amide bonds. The summed E-state index contributed by atoms with van der Waals surface area (Å²) >= 11 is 11.7. The molecule has 0 saturated carbocycles.